The molecule has 16 heavy (non-hydrogen) atoms. The van der Waals surface area contributed by atoms with Crippen molar-refractivity contribution in [3.05, 3.63) is 0 Å². The second-order valence-corrected chi connectivity index (χ2v) is 5.70. The highest BCUT2D eigenvalue weighted by Gasteiger charge is 2.50. The number of methoxy groups -OCH3 is 1. The maximum Gasteiger partial charge on any atom is 0.410 e. The number of carbonyl (C=O) groups is 1. The summed E-state index contributed by atoms with van der Waals surface area (Å²) in [6.45, 7) is 5.70. The van der Waals surface area contributed by atoms with E-state index in [1.165, 1.54) is 0 Å². The van der Waals surface area contributed by atoms with Crippen molar-refractivity contribution in [2.75, 3.05) is 7.11 Å². The van der Waals surface area contributed by atoms with E-state index in [0.717, 1.165) is 19.3 Å². The average Bonchev–Trinajstić information content (AvgIpc) is 2.70. The average molecular weight is 227 g/mol. The lowest BCUT2D eigenvalue weighted by molar-refractivity contribution is 0.0132. The fourth-order valence-electron chi connectivity index (χ4n) is 2.79. The zero-order valence-corrected chi connectivity index (χ0v) is 10.5. The van der Waals surface area contributed by atoms with E-state index in [1.54, 1.807) is 7.11 Å². The maximum atomic E-state index is 12.0. The molecule has 2 rings (SSSR count). The molecule has 2 bridgehead atoms. The van der Waals surface area contributed by atoms with Crippen LogP contribution in [0, 0.1) is 0 Å². The molecule has 4 nitrogen and oxygen atoms in total. The van der Waals surface area contributed by atoms with Gasteiger partial charge in [-0.3, -0.25) is 4.90 Å². The lowest BCUT2D eigenvalue weighted by Gasteiger charge is -2.27. The van der Waals surface area contributed by atoms with Crippen LogP contribution in [0.4, 0.5) is 4.79 Å². The Kier molecular flexibility index (Phi) is 2.86. The van der Waals surface area contributed by atoms with Gasteiger partial charge in [0.1, 0.15) is 5.60 Å². The summed E-state index contributed by atoms with van der Waals surface area (Å²) in [5, 5.41) is 0. The van der Waals surface area contributed by atoms with E-state index in [2.05, 4.69) is 0 Å². The van der Waals surface area contributed by atoms with Crippen molar-refractivity contribution in [1.29, 1.82) is 0 Å². The van der Waals surface area contributed by atoms with Crippen molar-refractivity contribution in [2.24, 2.45) is 0 Å². The molecule has 4 heteroatoms. The highest BCUT2D eigenvalue weighted by Crippen LogP contribution is 2.39. The first-order valence-corrected chi connectivity index (χ1v) is 5.96. The number of ether oxygens (including phenoxy) is 2. The fourth-order valence-corrected chi connectivity index (χ4v) is 2.79. The molecule has 0 N–H and O–H groups in total. The van der Waals surface area contributed by atoms with Gasteiger partial charge in [-0.1, -0.05) is 0 Å². The van der Waals surface area contributed by atoms with Crippen molar-refractivity contribution in [3.63, 3.8) is 0 Å². The molecule has 2 heterocycles. The van der Waals surface area contributed by atoms with E-state index in [1.807, 2.05) is 25.7 Å². The minimum Gasteiger partial charge on any atom is -0.444 e. The summed E-state index contributed by atoms with van der Waals surface area (Å²) in [7, 11) is 1.72. The standard InChI is InChI=1S/C12H21NO3/c1-12(2,3)16-11(14)13-8-5-6-9(13)10(7-8)15-4/h8-10H,5-7H2,1-4H3/t8-,9+,10+/m0/s1. The summed E-state index contributed by atoms with van der Waals surface area (Å²) in [6.07, 6.45) is 3.11. The normalized spacial score (nSPS) is 33.2. The monoisotopic (exact) mass is 227 g/mol. The van der Waals surface area contributed by atoms with E-state index in [0.29, 0.717) is 6.04 Å². The fraction of sp³-hybridized carbons (Fsp3) is 0.917. The first kappa shape index (κ1) is 11.7. The van der Waals surface area contributed by atoms with Gasteiger partial charge < -0.3 is 9.47 Å². The third-order valence-electron chi connectivity index (χ3n) is 3.39. The first-order chi connectivity index (χ1) is 7.42. The van der Waals surface area contributed by atoms with E-state index >= 15 is 0 Å². The van der Waals surface area contributed by atoms with Gasteiger partial charge >= 0.3 is 6.09 Å². The molecule has 92 valence electrons. The van der Waals surface area contributed by atoms with Crippen LogP contribution in [0.5, 0.6) is 0 Å². The van der Waals surface area contributed by atoms with E-state index < -0.39 is 5.60 Å². The minimum absolute atomic E-state index is 0.181. The SMILES string of the molecule is CO[C@@H]1C[C@@H]2CC[C@H]1N2C(=O)OC(C)(C)C. The lowest BCUT2D eigenvalue weighted by atomic mass is 9.98. The van der Waals surface area contributed by atoms with Gasteiger partial charge in [0.15, 0.2) is 0 Å². The van der Waals surface area contributed by atoms with Crippen molar-refractivity contribution in [1.82, 2.24) is 4.90 Å². The molecule has 0 saturated carbocycles. The number of fused-ring (bicyclic) bond motifs is 2. The van der Waals surface area contributed by atoms with E-state index in [9.17, 15) is 4.79 Å². The van der Waals surface area contributed by atoms with Crippen LogP contribution in [-0.4, -0.2) is 41.9 Å². The molecule has 0 radical (unpaired) electrons. The number of amides is 1. The third-order valence-corrected chi connectivity index (χ3v) is 3.39. The first-order valence-electron chi connectivity index (χ1n) is 5.96. The Morgan fingerprint density at radius 1 is 1.31 bits per heavy atom. The summed E-state index contributed by atoms with van der Waals surface area (Å²) in [5.41, 5.74) is -0.415. The molecule has 0 aromatic carbocycles. The summed E-state index contributed by atoms with van der Waals surface area (Å²) in [5.74, 6) is 0. The molecule has 0 unspecified atom stereocenters. The van der Waals surface area contributed by atoms with Gasteiger partial charge in [0.2, 0.25) is 0 Å². The Labute approximate surface area is 96.9 Å². The molecule has 0 aliphatic carbocycles. The molecule has 2 fully saturated rings. The van der Waals surface area contributed by atoms with Gasteiger partial charge in [-0.05, 0) is 40.0 Å². The van der Waals surface area contributed by atoms with E-state index in [-0.39, 0.29) is 18.2 Å². The molecule has 1 amide bonds. The number of nitrogens with zero attached hydrogens (tertiary/aromatic N) is 1. The predicted molar refractivity (Wildman–Crippen MR) is 60.3 cm³/mol. The van der Waals surface area contributed by atoms with Gasteiger partial charge in [0.05, 0.1) is 12.1 Å². The Balaban J connectivity index is 2.03. The predicted octanol–water partition coefficient (Wildman–Crippen LogP) is 2.17. The van der Waals surface area contributed by atoms with Crippen molar-refractivity contribution < 1.29 is 14.3 Å². The summed E-state index contributed by atoms with van der Waals surface area (Å²) < 4.78 is 10.8. The number of carbonyl (C=O) groups excluding carboxylic acids is 1. The van der Waals surface area contributed by atoms with Gasteiger partial charge in [-0.15, -0.1) is 0 Å². The van der Waals surface area contributed by atoms with E-state index in [4.69, 9.17) is 9.47 Å². The molecule has 3 atom stereocenters. The number of hydrogen-bond acceptors (Lipinski definition) is 3. The zero-order valence-electron chi connectivity index (χ0n) is 10.5. The van der Waals surface area contributed by atoms with Gasteiger partial charge in [0, 0.05) is 13.2 Å². The Morgan fingerprint density at radius 3 is 2.50 bits per heavy atom. The van der Waals surface area contributed by atoms with Crippen LogP contribution in [0.25, 0.3) is 0 Å². The van der Waals surface area contributed by atoms with Crippen LogP contribution in [0.15, 0.2) is 0 Å². The quantitative estimate of drug-likeness (QED) is 0.689. The molecule has 0 aromatic rings. The summed E-state index contributed by atoms with van der Waals surface area (Å²) in [6, 6.07) is 0.551. The lowest BCUT2D eigenvalue weighted by Crippen LogP contribution is -2.41. The van der Waals surface area contributed by atoms with Crippen LogP contribution in [0.1, 0.15) is 40.0 Å². The topological polar surface area (TPSA) is 38.8 Å². The second-order valence-electron chi connectivity index (χ2n) is 5.70. The van der Waals surface area contributed by atoms with Gasteiger partial charge in [-0.25, -0.2) is 4.79 Å². The van der Waals surface area contributed by atoms with Gasteiger partial charge in [-0.2, -0.15) is 0 Å². The summed E-state index contributed by atoms with van der Waals surface area (Å²) in [4.78, 5) is 13.9. The van der Waals surface area contributed by atoms with Crippen LogP contribution in [0.3, 0.4) is 0 Å². The van der Waals surface area contributed by atoms with Crippen molar-refractivity contribution in [2.45, 2.75) is 63.8 Å². The largest absolute Gasteiger partial charge is 0.444 e. The van der Waals surface area contributed by atoms with Crippen LogP contribution in [-0.2, 0) is 9.47 Å². The maximum absolute atomic E-state index is 12.0. The molecular formula is C12H21NO3. The molecule has 2 aliphatic heterocycles. The zero-order chi connectivity index (χ0) is 11.9. The van der Waals surface area contributed by atoms with Crippen LogP contribution in [0.2, 0.25) is 0 Å². The molecule has 2 saturated heterocycles. The third kappa shape index (κ3) is 2.03. The molecule has 0 spiro atoms. The number of rotatable bonds is 1. The second kappa shape index (κ2) is 3.91. The Hall–Kier alpha value is -0.770. The minimum atomic E-state index is -0.415. The molecule has 0 aromatic heterocycles. The molecular weight excluding hydrogens is 206 g/mol. The Bertz CT molecular complexity index is 284. The van der Waals surface area contributed by atoms with Crippen LogP contribution < -0.4 is 0 Å². The smallest absolute Gasteiger partial charge is 0.410 e. The highest BCUT2D eigenvalue weighted by molar-refractivity contribution is 5.70. The van der Waals surface area contributed by atoms with Crippen molar-refractivity contribution in [3.8, 4) is 0 Å². The number of hydrogen-bond donors (Lipinski definition) is 0. The van der Waals surface area contributed by atoms with Crippen molar-refractivity contribution >= 4 is 6.09 Å². The highest BCUT2D eigenvalue weighted by atomic mass is 16.6. The summed E-state index contributed by atoms with van der Waals surface area (Å²) >= 11 is 0. The molecule has 2 aliphatic rings. The van der Waals surface area contributed by atoms with Gasteiger partial charge in [0.25, 0.3) is 0 Å². The Morgan fingerprint density at radius 2 is 2.00 bits per heavy atom. The van der Waals surface area contributed by atoms with Crippen LogP contribution >= 0.6 is 0 Å².